The SMILES string of the molecule is c1ccc(N(c2ccc(-c3ccc4c5ccccc5n(-c5ccccc5)c4c3)cc2)c2cccc(C3(c4ccccc4)CCCCC3)c2)cc1. The minimum atomic E-state index is 0.0442. The fourth-order valence-corrected chi connectivity index (χ4v) is 8.43. The Morgan fingerprint density at radius 2 is 0.980 bits per heavy atom. The highest BCUT2D eigenvalue weighted by Crippen LogP contribution is 2.47. The molecule has 0 aliphatic heterocycles. The van der Waals surface area contributed by atoms with Gasteiger partial charge >= 0.3 is 0 Å². The van der Waals surface area contributed by atoms with Crippen LogP contribution >= 0.6 is 0 Å². The molecule has 2 nitrogen and oxygen atoms in total. The molecule has 1 aromatic heterocycles. The highest BCUT2D eigenvalue weighted by Gasteiger charge is 2.36. The molecule has 7 aromatic carbocycles. The molecule has 0 N–H and O–H groups in total. The number of hydrogen-bond acceptors (Lipinski definition) is 1. The Labute approximate surface area is 294 Å². The Bertz CT molecular complexity index is 2380. The topological polar surface area (TPSA) is 8.17 Å². The second-order valence-corrected chi connectivity index (χ2v) is 13.7. The second kappa shape index (κ2) is 12.9. The van der Waals surface area contributed by atoms with Gasteiger partial charge in [-0.2, -0.15) is 0 Å². The van der Waals surface area contributed by atoms with Crippen LogP contribution in [-0.2, 0) is 5.41 Å². The molecule has 0 amide bonds. The minimum absolute atomic E-state index is 0.0442. The van der Waals surface area contributed by atoms with Crippen molar-refractivity contribution in [2.24, 2.45) is 0 Å². The van der Waals surface area contributed by atoms with Crippen molar-refractivity contribution in [2.75, 3.05) is 4.90 Å². The Hall–Kier alpha value is -5.86. The van der Waals surface area contributed by atoms with Gasteiger partial charge in [0.15, 0.2) is 0 Å². The molecule has 50 heavy (non-hydrogen) atoms. The van der Waals surface area contributed by atoms with E-state index in [2.05, 4.69) is 191 Å². The quantitative estimate of drug-likeness (QED) is 0.168. The first-order chi connectivity index (χ1) is 24.8. The zero-order valence-corrected chi connectivity index (χ0v) is 28.3. The molecular weight excluding hydrogens is 605 g/mol. The molecule has 0 atom stereocenters. The molecule has 0 unspecified atom stereocenters. The molecule has 1 aliphatic rings. The average Bonchev–Trinajstić information content (AvgIpc) is 3.53. The third-order valence-electron chi connectivity index (χ3n) is 10.9. The maximum atomic E-state index is 2.45. The van der Waals surface area contributed by atoms with Gasteiger partial charge in [0.05, 0.1) is 11.0 Å². The fraction of sp³-hybridized carbons (Fsp3) is 0.125. The molecule has 9 rings (SSSR count). The summed E-state index contributed by atoms with van der Waals surface area (Å²) in [7, 11) is 0. The minimum Gasteiger partial charge on any atom is -0.310 e. The molecule has 0 bridgehead atoms. The van der Waals surface area contributed by atoms with E-state index in [0.29, 0.717) is 0 Å². The van der Waals surface area contributed by atoms with E-state index in [1.165, 1.54) is 87.5 Å². The highest BCUT2D eigenvalue weighted by molar-refractivity contribution is 6.10. The number of aromatic nitrogens is 1. The molecular formula is C48H40N2. The van der Waals surface area contributed by atoms with Crippen LogP contribution in [0.25, 0.3) is 38.6 Å². The number of anilines is 3. The molecule has 242 valence electrons. The Morgan fingerprint density at radius 3 is 1.74 bits per heavy atom. The number of benzene rings is 7. The lowest BCUT2D eigenvalue weighted by atomic mass is 9.65. The van der Waals surface area contributed by atoms with Gasteiger partial charge < -0.3 is 9.47 Å². The Balaban J connectivity index is 1.13. The van der Waals surface area contributed by atoms with Crippen LogP contribution in [0, 0.1) is 0 Å². The number of fused-ring (bicyclic) bond motifs is 3. The van der Waals surface area contributed by atoms with E-state index in [4.69, 9.17) is 0 Å². The lowest BCUT2D eigenvalue weighted by molar-refractivity contribution is 0.346. The fourth-order valence-electron chi connectivity index (χ4n) is 8.43. The van der Waals surface area contributed by atoms with E-state index in [9.17, 15) is 0 Å². The van der Waals surface area contributed by atoms with Crippen LogP contribution in [0.1, 0.15) is 43.2 Å². The third kappa shape index (κ3) is 5.29. The van der Waals surface area contributed by atoms with Crippen LogP contribution in [-0.4, -0.2) is 4.57 Å². The number of nitrogens with zero attached hydrogens (tertiary/aromatic N) is 2. The van der Waals surface area contributed by atoms with Gasteiger partial charge in [-0.25, -0.2) is 0 Å². The van der Waals surface area contributed by atoms with E-state index in [1.807, 2.05) is 0 Å². The molecule has 1 heterocycles. The van der Waals surface area contributed by atoms with Gasteiger partial charge in [0.1, 0.15) is 0 Å². The zero-order chi connectivity index (χ0) is 33.3. The van der Waals surface area contributed by atoms with E-state index in [0.717, 1.165) is 11.4 Å². The standard InChI is InChI=1S/C48H40N2/c1-5-16-38(17-6-1)48(32-13-4-14-33-48)39-18-15-23-43(35-39)49(40-19-7-2-8-20-40)42-29-26-36(27-30-42)37-28-31-45-44-24-11-12-25-46(44)50(47(45)34-37)41-21-9-3-10-22-41/h1-3,5-12,15-31,34-35H,4,13-14,32-33H2. The zero-order valence-electron chi connectivity index (χ0n) is 28.3. The maximum Gasteiger partial charge on any atom is 0.0547 e. The van der Waals surface area contributed by atoms with Crippen molar-refractivity contribution in [3.63, 3.8) is 0 Å². The summed E-state index contributed by atoms with van der Waals surface area (Å²) in [5.74, 6) is 0. The molecule has 1 aliphatic carbocycles. The molecule has 8 aromatic rings. The predicted octanol–water partition coefficient (Wildman–Crippen LogP) is 13.2. The molecule has 0 radical (unpaired) electrons. The summed E-state index contributed by atoms with van der Waals surface area (Å²) in [5.41, 5.74) is 12.4. The molecule has 2 heteroatoms. The third-order valence-corrected chi connectivity index (χ3v) is 10.9. The van der Waals surface area contributed by atoms with Gasteiger partial charge in [0.25, 0.3) is 0 Å². The van der Waals surface area contributed by atoms with Crippen molar-refractivity contribution in [2.45, 2.75) is 37.5 Å². The van der Waals surface area contributed by atoms with Crippen LogP contribution in [0.5, 0.6) is 0 Å². The lowest BCUT2D eigenvalue weighted by Gasteiger charge is -2.39. The highest BCUT2D eigenvalue weighted by atomic mass is 15.1. The molecule has 0 saturated heterocycles. The summed E-state index contributed by atoms with van der Waals surface area (Å²) in [6.45, 7) is 0. The first-order valence-corrected chi connectivity index (χ1v) is 18.0. The smallest absolute Gasteiger partial charge is 0.0547 e. The van der Waals surface area contributed by atoms with Crippen molar-refractivity contribution in [3.8, 4) is 16.8 Å². The van der Waals surface area contributed by atoms with Crippen LogP contribution in [0.4, 0.5) is 17.1 Å². The lowest BCUT2D eigenvalue weighted by Crippen LogP contribution is -2.30. The van der Waals surface area contributed by atoms with Crippen LogP contribution in [0.3, 0.4) is 0 Å². The molecule has 1 fully saturated rings. The van der Waals surface area contributed by atoms with Crippen LogP contribution in [0.15, 0.2) is 182 Å². The number of rotatable bonds is 7. The summed E-state index contributed by atoms with van der Waals surface area (Å²) in [6.07, 6.45) is 6.22. The Kier molecular flexibility index (Phi) is 7.78. The van der Waals surface area contributed by atoms with E-state index in [-0.39, 0.29) is 5.41 Å². The van der Waals surface area contributed by atoms with Crippen molar-refractivity contribution in [1.29, 1.82) is 0 Å². The normalized spacial score (nSPS) is 14.2. The summed E-state index contributed by atoms with van der Waals surface area (Å²) in [4.78, 5) is 2.41. The summed E-state index contributed by atoms with van der Waals surface area (Å²) < 4.78 is 2.39. The monoisotopic (exact) mass is 644 g/mol. The molecule has 1 saturated carbocycles. The summed E-state index contributed by atoms with van der Waals surface area (Å²) in [5, 5.41) is 2.54. The van der Waals surface area contributed by atoms with Gasteiger partial charge in [0.2, 0.25) is 0 Å². The maximum absolute atomic E-state index is 2.45. The summed E-state index contributed by atoms with van der Waals surface area (Å²) in [6, 6.07) is 66.8. The largest absolute Gasteiger partial charge is 0.310 e. The second-order valence-electron chi connectivity index (χ2n) is 13.7. The van der Waals surface area contributed by atoms with E-state index >= 15 is 0 Å². The van der Waals surface area contributed by atoms with Gasteiger partial charge in [0, 0.05) is 38.9 Å². The summed E-state index contributed by atoms with van der Waals surface area (Å²) >= 11 is 0. The first kappa shape index (κ1) is 30.2. The van der Waals surface area contributed by atoms with E-state index in [1.54, 1.807) is 0 Å². The number of para-hydroxylation sites is 3. The first-order valence-electron chi connectivity index (χ1n) is 18.0. The number of hydrogen-bond donors (Lipinski definition) is 0. The van der Waals surface area contributed by atoms with Crippen molar-refractivity contribution in [3.05, 3.63) is 193 Å². The van der Waals surface area contributed by atoms with Crippen LogP contribution in [0.2, 0.25) is 0 Å². The van der Waals surface area contributed by atoms with E-state index < -0.39 is 0 Å². The molecule has 0 spiro atoms. The predicted molar refractivity (Wildman–Crippen MR) is 211 cm³/mol. The van der Waals surface area contributed by atoms with Crippen molar-refractivity contribution in [1.82, 2.24) is 4.57 Å². The van der Waals surface area contributed by atoms with Crippen molar-refractivity contribution >= 4 is 38.9 Å². The van der Waals surface area contributed by atoms with Crippen molar-refractivity contribution < 1.29 is 0 Å². The van der Waals surface area contributed by atoms with Gasteiger partial charge in [-0.1, -0.05) is 141 Å². The average molecular weight is 645 g/mol. The van der Waals surface area contributed by atoms with Gasteiger partial charge in [-0.15, -0.1) is 0 Å². The van der Waals surface area contributed by atoms with Crippen LogP contribution < -0.4 is 4.90 Å². The van der Waals surface area contributed by atoms with Gasteiger partial charge in [-0.3, -0.25) is 0 Å². The Morgan fingerprint density at radius 1 is 0.400 bits per heavy atom. The van der Waals surface area contributed by atoms with Gasteiger partial charge in [-0.05, 0) is 95.8 Å².